The van der Waals surface area contributed by atoms with Crippen molar-refractivity contribution in [1.82, 2.24) is 20.0 Å². The second kappa shape index (κ2) is 9.38. The van der Waals surface area contributed by atoms with Gasteiger partial charge in [-0.05, 0) is 27.2 Å². The smallest absolute Gasteiger partial charge is 0.449 e. The highest BCUT2D eigenvalue weighted by molar-refractivity contribution is 8.03. The average molecular weight is 496 g/mol. The van der Waals surface area contributed by atoms with E-state index in [1.54, 1.807) is 13.8 Å². The Labute approximate surface area is 203 Å². The van der Waals surface area contributed by atoms with E-state index >= 15 is 0 Å². The minimum absolute atomic E-state index is 0.00928. The molecule has 7 atom stereocenters. The van der Waals surface area contributed by atoms with E-state index in [1.807, 2.05) is 23.6 Å². The van der Waals surface area contributed by atoms with Crippen LogP contribution in [-0.2, 0) is 14.3 Å². The Kier molecular flexibility index (Phi) is 6.85. The van der Waals surface area contributed by atoms with Gasteiger partial charge in [-0.2, -0.15) is 0 Å². The van der Waals surface area contributed by atoms with Crippen LogP contribution < -0.4 is 5.32 Å². The molecule has 0 aromatic heterocycles. The Morgan fingerprint density at radius 2 is 2.00 bits per heavy atom. The monoisotopic (exact) mass is 495 g/mol. The van der Waals surface area contributed by atoms with Crippen LogP contribution in [0.4, 0.5) is 4.79 Å². The van der Waals surface area contributed by atoms with Crippen LogP contribution in [0.5, 0.6) is 0 Å². The lowest BCUT2D eigenvalue weighted by molar-refractivity contribution is -0.163. The van der Waals surface area contributed by atoms with Crippen molar-refractivity contribution in [3.8, 4) is 0 Å². The predicted molar refractivity (Wildman–Crippen MR) is 125 cm³/mol. The summed E-state index contributed by atoms with van der Waals surface area (Å²) in [6.45, 7) is 9.66. The zero-order valence-electron chi connectivity index (χ0n) is 19.9. The van der Waals surface area contributed by atoms with Gasteiger partial charge in [0.05, 0.1) is 34.8 Å². The van der Waals surface area contributed by atoms with Gasteiger partial charge in [-0.1, -0.05) is 6.92 Å². The minimum Gasteiger partial charge on any atom is -0.449 e. The van der Waals surface area contributed by atoms with E-state index in [2.05, 4.69) is 5.32 Å². The number of β-lactam (4-membered cyclic amide) rings is 1. The number of carboxylic acid groups (broad SMARTS) is 1. The molecular formula is C22H33N5O6S. The van der Waals surface area contributed by atoms with Gasteiger partial charge in [0.15, 0.2) is 0 Å². The van der Waals surface area contributed by atoms with Crippen molar-refractivity contribution in [1.29, 1.82) is 5.41 Å². The molecule has 0 aromatic rings. The lowest BCUT2D eigenvalue weighted by Crippen LogP contribution is -2.63. The third kappa shape index (κ3) is 4.27. The molecule has 11 nitrogen and oxygen atoms in total. The summed E-state index contributed by atoms with van der Waals surface area (Å²) in [5.74, 6) is -0.497. The Balaban J connectivity index is 1.43. The highest BCUT2D eigenvalue weighted by Crippen LogP contribution is 2.52. The first-order valence-electron chi connectivity index (χ1n) is 11.7. The van der Waals surface area contributed by atoms with Crippen LogP contribution >= 0.6 is 11.8 Å². The number of rotatable bonds is 5. The summed E-state index contributed by atoms with van der Waals surface area (Å²) in [4.78, 5) is 43.0. The van der Waals surface area contributed by atoms with Crippen molar-refractivity contribution in [3.05, 3.63) is 10.8 Å². The number of amidine groups is 1. The predicted octanol–water partition coefficient (Wildman–Crippen LogP) is 0.701. The van der Waals surface area contributed by atoms with Crippen LogP contribution in [0.25, 0.3) is 0 Å². The lowest BCUT2D eigenvalue weighted by Gasteiger charge is -2.45. The van der Waals surface area contributed by atoms with Crippen LogP contribution in [0.2, 0.25) is 0 Å². The molecule has 0 bridgehead atoms. The van der Waals surface area contributed by atoms with Crippen molar-refractivity contribution in [3.63, 3.8) is 0 Å². The molecule has 4 aliphatic rings. The highest BCUT2D eigenvalue weighted by atomic mass is 32.2. The Morgan fingerprint density at radius 3 is 2.59 bits per heavy atom. The number of hydrogen-bond donors (Lipinski definition) is 4. The minimum atomic E-state index is -1.49. The van der Waals surface area contributed by atoms with Crippen LogP contribution in [0.1, 0.15) is 34.1 Å². The van der Waals surface area contributed by atoms with Crippen molar-refractivity contribution >= 4 is 35.6 Å². The molecule has 0 spiro atoms. The summed E-state index contributed by atoms with van der Waals surface area (Å²) in [5.41, 5.74) is 0. The molecule has 4 N–H and O–H groups in total. The quantitative estimate of drug-likeness (QED) is 0.187. The molecule has 188 valence electrons. The molecule has 0 radical (unpaired) electrons. The number of ether oxygens (including phenoxy) is 1. The Morgan fingerprint density at radius 1 is 1.29 bits per heavy atom. The van der Waals surface area contributed by atoms with E-state index in [9.17, 15) is 24.6 Å². The Bertz CT molecular complexity index is 925. The number of carbonyl (C=O) groups excluding carboxylic acids is 2. The third-order valence-electron chi connectivity index (χ3n) is 7.31. The maximum absolute atomic E-state index is 13.2. The standard InChI is InChI=1S/C22H33N5O6S/c1-10-9-25(13(4)23)5-6-26(10)19(29)15-7-14(8-24-15)34-18-11(2)17-16(12(3)28)20(30)27(17)21(18)33-22(31)32/h10-12,14-17,23-24,28H,5-9H2,1-4H3,(H,31,32)/t10?,11?,12?,14?,15?,16?,17-/m0/s1. The average Bonchev–Trinajstić information content (AvgIpc) is 3.29. The zero-order chi connectivity index (χ0) is 24.9. The topological polar surface area (TPSA) is 146 Å². The molecule has 4 heterocycles. The second-order valence-electron chi connectivity index (χ2n) is 9.64. The number of piperazine rings is 1. The van der Waals surface area contributed by atoms with E-state index in [0.29, 0.717) is 43.3 Å². The van der Waals surface area contributed by atoms with Gasteiger partial charge in [-0.15, -0.1) is 11.8 Å². The van der Waals surface area contributed by atoms with E-state index in [4.69, 9.17) is 10.1 Å². The van der Waals surface area contributed by atoms with Crippen molar-refractivity contribution in [2.45, 2.75) is 63.6 Å². The number of fused-ring (bicyclic) bond motifs is 1. The van der Waals surface area contributed by atoms with E-state index in [0.717, 1.165) is 0 Å². The lowest BCUT2D eigenvalue weighted by atomic mass is 9.79. The molecule has 3 saturated heterocycles. The van der Waals surface area contributed by atoms with Gasteiger partial charge in [-0.3, -0.25) is 19.9 Å². The molecular weight excluding hydrogens is 462 g/mol. The fraction of sp³-hybridized carbons (Fsp3) is 0.727. The van der Waals surface area contributed by atoms with Gasteiger partial charge in [0.1, 0.15) is 0 Å². The van der Waals surface area contributed by atoms with E-state index < -0.39 is 18.2 Å². The number of aliphatic hydroxyl groups excluding tert-OH is 1. The van der Waals surface area contributed by atoms with Gasteiger partial charge >= 0.3 is 6.16 Å². The van der Waals surface area contributed by atoms with Gasteiger partial charge in [0, 0.05) is 43.4 Å². The van der Waals surface area contributed by atoms with Crippen LogP contribution in [-0.4, -0.2) is 104 Å². The SMILES string of the molecule is CC(=N)N1CCN(C(=O)C2CC(SC3=C(OC(=O)O)N4C(=O)C(C(C)O)[C@@H]4C3C)CN2)C(C)C1. The molecule has 0 aromatic carbocycles. The largest absolute Gasteiger partial charge is 0.512 e. The molecule has 4 aliphatic heterocycles. The summed E-state index contributed by atoms with van der Waals surface area (Å²) in [5, 5.41) is 30.4. The fourth-order valence-electron chi connectivity index (χ4n) is 5.55. The molecule has 12 heteroatoms. The van der Waals surface area contributed by atoms with Crippen LogP contribution in [0.3, 0.4) is 0 Å². The highest BCUT2D eigenvalue weighted by Gasteiger charge is 2.60. The summed E-state index contributed by atoms with van der Waals surface area (Å²) >= 11 is 1.46. The number of nitrogens with one attached hydrogen (secondary N) is 2. The molecule has 2 amide bonds. The van der Waals surface area contributed by atoms with Crippen LogP contribution in [0, 0.1) is 17.2 Å². The molecule has 3 fully saturated rings. The first-order valence-corrected chi connectivity index (χ1v) is 12.6. The third-order valence-corrected chi connectivity index (χ3v) is 8.81. The van der Waals surface area contributed by atoms with Crippen molar-refractivity contribution < 1.29 is 29.3 Å². The van der Waals surface area contributed by atoms with Gasteiger partial charge in [0.25, 0.3) is 0 Å². The molecule has 0 saturated carbocycles. The van der Waals surface area contributed by atoms with Crippen molar-refractivity contribution in [2.75, 3.05) is 26.2 Å². The fourth-order valence-corrected chi connectivity index (χ4v) is 6.98. The molecule has 34 heavy (non-hydrogen) atoms. The maximum Gasteiger partial charge on any atom is 0.512 e. The molecule has 6 unspecified atom stereocenters. The number of thioether (sulfide) groups is 1. The summed E-state index contributed by atoms with van der Waals surface area (Å²) in [7, 11) is 0. The van der Waals surface area contributed by atoms with Crippen LogP contribution in [0.15, 0.2) is 10.8 Å². The number of amides is 2. The molecule has 4 rings (SSSR count). The molecule has 0 aliphatic carbocycles. The van der Waals surface area contributed by atoms with E-state index in [-0.39, 0.29) is 47.0 Å². The summed E-state index contributed by atoms with van der Waals surface area (Å²) in [6, 6.07) is -0.654. The van der Waals surface area contributed by atoms with Crippen molar-refractivity contribution in [2.24, 2.45) is 11.8 Å². The maximum atomic E-state index is 13.2. The normalized spacial score (nSPS) is 34.1. The number of aliphatic hydroxyl groups is 1. The Hall–Kier alpha value is -2.31. The second-order valence-corrected chi connectivity index (χ2v) is 11.0. The summed E-state index contributed by atoms with van der Waals surface area (Å²) in [6.07, 6.45) is -1.74. The van der Waals surface area contributed by atoms with Gasteiger partial charge < -0.3 is 30.1 Å². The number of hydrogen-bond acceptors (Lipinski definition) is 8. The first kappa shape index (κ1) is 24.8. The first-order chi connectivity index (χ1) is 16.0. The van der Waals surface area contributed by atoms with E-state index in [1.165, 1.54) is 16.7 Å². The number of nitrogens with zero attached hydrogens (tertiary/aromatic N) is 3. The summed E-state index contributed by atoms with van der Waals surface area (Å²) < 4.78 is 5.03. The van der Waals surface area contributed by atoms with Gasteiger partial charge in [-0.25, -0.2) is 4.79 Å². The van der Waals surface area contributed by atoms with Gasteiger partial charge in [0.2, 0.25) is 17.7 Å². The number of carbonyl (C=O) groups is 3. The zero-order valence-corrected chi connectivity index (χ0v) is 20.7.